The molecule has 82 valence electrons. The molecule has 0 aliphatic heterocycles. The maximum atomic E-state index is 10.9. The molecule has 1 aromatic rings. The Balaban J connectivity index is 2.37. The summed E-state index contributed by atoms with van der Waals surface area (Å²) in [5.41, 5.74) is 0.820. The summed E-state index contributed by atoms with van der Waals surface area (Å²) in [5.74, 6) is -0.788. The van der Waals surface area contributed by atoms with Crippen molar-refractivity contribution >= 4 is 5.97 Å². The lowest BCUT2D eigenvalue weighted by atomic mass is 9.79. The predicted molar refractivity (Wildman–Crippen MR) is 53.7 cm³/mol. The molecule has 0 saturated heterocycles. The van der Waals surface area contributed by atoms with E-state index in [1.165, 1.54) is 0 Å². The van der Waals surface area contributed by atoms with Crippen LogP contribution in [-0.2, 0) is 0 Å². The second kappa shape index (κ2) is 3.32. The number of nitrogens with zero attached hydrogens (tertiary/aromatic N) is 2. The number of hydrogen-bond acceptors (Lipinski definition) is 3. The molecule has 1 fully saturated rings. The summed E-state index contributed by atoms with van der Waals surface area (Å²) in [6, 6.07) is 0. The Morgan fingerprint density at radius 1 is 1.53 bits per heavy atom. The molecule has 1 saturated carbocycles. The highest BCUT2D eigenvalue weighted by molar-refractivity contribution is 5.86. The molecule has 2 N–H and O–H groups in total. The van der Waals surface area contributed by atoms with E-state index in [0.29, 0.717) is 5.69 Å². The molecule has 1 aromatic heterocycles. The summed E-state index contributed by atoms with van der Waals surface area (Å²) < 4.78 is 0. The first kappa shape index (κ1) is 10.1. The van der Waals surface area contributed by atoms with Crippen LogP contribution in [0.15, 0.2) is 0 Å². The molecule has 0 amide bonds. The van der Waals surface area contributed by atoms with Crippen molar-refractivity contribution in [3.63, 3.8) is 0 Å². The number of carboxylic acids is 1. The van der Waals surface area contributed by atoms with Gasteiger partial charge in [-0.05, 0) is 18.3 Å². The smallest absolute Gasteiger partial charge is 0.358 e. The molecular formula is C10H15N3O2. The molecule has 1 aliphatic carbocycles. The SMILES string of the molecule is CC1(C)CCCC1c1n[nH]nc1C(=O)O. The summed E-state index contributed by atoms with van der Waals surface area (Å²) >= 11 is 0. The van der Waals surface area contributed by atoms with Crippen molar-refractivity contribution in [3.05, 3.63) is 11.4 Å². The number of hydrogen-bond donors (Lipinski definition) is 2. The number of H-pyrrole nitrogens is 1. The molecule has 0 bridgehead atoms. The van der Waals surface area contributed by atoms with Gasteiger partial charge >= 0.3 is 5.97 Å². The Kier molecular flexibility index (Phi) is 2.25. The molecule has 0 spiro atoms. The van der Waals surface area contributed by atoms with Crippen LogP contribution in [0.4, 0.5) is 0 Å². The van der Waals surface area contributed by atoms with Gasteiger partial charge in [0.1, 0.15) is 5.69 Å². The number of rotatable bonds is 2. The van der Waals surface area contributed by atoms with E-state index in [4.69, 9.17) is 5.11 Å². The first-order valence-electron chi connectivity index (χ1n) is 5.16. The highest BCUT2D eigenvalue weighted by Crippen LogP contribution is 2.48. The van der Waals surface area contributed by atoms with Gasteiger partial charge in [0.05, 0.1) is 0 Å². The topological polar surface area (TPSA) is 78.9 Å². The van der Waals surface area contributed by atoms with Crippen molar-refractivity contribution in [1.82, 2.24) is 15.4 Å². The van der Waals surface area contributed by atoms with Gasteiger partial charge in [-0.25, -0.2) is 4.79 Å². The fourth-order valence-corrected chi connectivity index (χ4v) is 2.47. The number of aromatic nitrogens is 3. The number of nitrogens with one attached hydrogen (secondary N) is 1. The Bertz CT molecular complexity index is 384. The predicted octanol–water partition coefficient (Wildman–Crippen LogP) is 1.80. The van der Waals surface area contributed by atoms with E-state index in [0.717, 1.165) is 19.3 Å². The quantitative estimate of drug-likeness (QED) is 0.778. The van der Waals surface area contributed by atoms with Crippen molar-refractivity contribution in [1.29, 1.82) is 0 Å². The summed E-state index contributed by atoms with van der Waals surface area (Å²) in [5, 5.41) is 19.1. The van der Waals surface area contributed by atoms with E-state index < -0.39 is 5.97 Å². The molecule has 2 rings (SSSR count). The van der Waals surface area contributed by atoms with Crippen LogP contribution in [0, 0.1) is 5.41 Å². The van der Waals surface area contributed by atoms with Gasteiger partial charge in [0.25, 0.3) is 0 Å². The molecule has 1 aliphatic rings. The number of aromatic carboxylic acids is 1. The number of aromatic amines is 1. The van der Waals surface area contributed by atoms with Crippen LogP contribution >= 0.6 is 0 Å². The van der Waals surface area contributed by atoms with Crippen molar-refractivity contribution < 1.29 is 9.90 Å². The second-order valence-electron chi connectivity index (χ2n) is 4.80. The summed E-state index contributed by atoms with van der Waals surface area (Å²) in [6.07, 6.45) is 3.24. The second-order valence-corrected chi connectivity index (χ2v) is 4.80. The third-order valence-electron chi connectivity index (χ3n) is 3.36. The summed E-state index contributed by atoms with van der Waals surface area (Å²) in [6.45, 7) is 4.32. The van der Waals surface area contributed by atoms with E-state index in [1.807, 2.05) is 0 Å². The Hall–Kier alpha value is -1.39. The highest BCUT2D eigenvalue weighted by Gasteiger charge is 2.39. The average molecular weight is 209 g/mol. The summed E-state index contributed by atoms with van der Waals surface area (Å²) in [7, 11) is 0. The third-order valence-corrected chi connectivity index (χ3v) is 3.36. The number of carboxylic acid groups (broad SMARTS) is 1. The first-order valence-corrected chi connectivity index (χ1v) is 5.16. The van der Waals surface area contributed by atoms with Crippen LogP contribution in [0.5, 0.6) is 0 Å². The zero-order chi connectivity index (χ0) is 11.1. The fraction of sp³-hybridized carbons (Fsp3) is 0.700. The van der Waals surface area contributed by atoms with Crippen molar-refractivity contribution in [3.8, 4) is 0 Å². The van der Waals surface area contributed by atoms with E-state index in [-0.39, 0.29) is 17.0 Å². The monoisotopic (exact) mass is 209 g/mol. The van der Waals surface area contributed by atoms with Crippen molar-refractivity contribution in [2.24, 2.45) is 5.41 Å². The van der Waals surface area contributed by atoms with E-state index in [9.17, 15) is 4.79 Å². The Labute approximate surface area is 87.9 Å². The zero-order valence-corrected chi connectivity index (χ0v) is 8.95. The molecule has 1 atom stereocenters. The fourth-order valence-electron chi connectivity index (χ4n) is 2.47. The lowest BCUT2D eigenvalue weighted by Gasteiger charge is -2.25. The van der Waals surface area contributed by atoms with Gasteiger partial charge in [-0.2, -0.15) is 10.3 Å². The maximum Gasteiger partial charge on any atom is 0.358 e. The standard InChI is InChI=1S/C10H15N3O2/c1-10(2)5-3-4-6(10)7-8(9(14)15)12-13-11-7/h6H,3-5H2,1-2H3,(H,14,15)(H,11,12,13). The average Bonchev–Trinajstić information content (AvgIpc) is 2.69. The van der Waals surface area contributed by atoms with Crippen molar-refractivity contribution in [2.45, 2.75) is 39.0 Å². The van der Waals surface area contributed by atoms with Crippen LogP contribution in [0.3, 0.4) is 0 Å². The van der Waals surface area contributed by atoms with E-state index in [2.05, 4.69) is 29.3 Å². The minimum Gasteiger partial charge on any atom is -0.476 e. The minimum absolute atomic E-state index is 0.0787. The van der Waals surface area contributed by atoms with Crippen LogP contribution in [-0.4, -0.2) is 26.5 Å². The van der Waals surface area contributed by atoms with Gasteiger partial charge in [0.2, 0.25) is 0 Å². The van der Waals surface area contributed by atoms with Crippen LogP contribution in [0.1, 0.15) is 55.2 Å². The van der Waals surface area contributed by atoms with Gasteiger partial charge < -0.3 is 5.11 Å². The van der Waals surface area contributed by atoms with Gasteiger partial charge in [-0.3, -0.25) is 0 Å². The highest BCUT2D eigenvalue weighted by atomic mass is 16.4. The summed E-state index contributed by atoms with van der Waals surface area (Å²) in [4.78, 5) is 10.9. The first-order chi connectivity index (χ1) is 7.02. The maximum absolute atomic E-state index is 10.9. The third kappa shape index (κ3) is 1.62. The molecule has 5 heteroatoms. The molecule has 15 heavy (non-hydrogen) atoms. The van der Waals surface area contributed by atoms with Crippen LogP contribution in [0.2, 0.25) is 0 Å². The molecule has 5 nitrogen and oxygen atoms in total. The Morgan fingerprint density at radius 2 is 2.27 bits per heavy atom. The van der Waals surface area contributed by atoms with Gasteiger partial charge in [-0.15, -0.1) is 5.10 Å². The van der Waals surface area contributed by atoms with Gasteiger partial charge in [0.15, 0.2) is 5.69 Å². The normalized spacial score (nSPS) is 24.3. The zero-order valence-electron chi connectivity index (χ0n) is 8.95. The lowest BCUT2D eigenvalue weighted by Crippen LogP contribution is -2.18. The number of carbonyl (C=O) groups is 1. The lowest BCUT2D eigenvalue weighted by molar-refractivity contribution is 0.0688. The van der Waals surface area contributed by atoms with Crippen LogP contribution in [0.25, 0.3) is 0 Å². The van der Waals surface area contributed by atoms with Gasteiger partial charge in [-0.1, -0.05) is 20.3 Å². The van der Waals surface area contributed by atoms with E-state index >= 15 is 0 Å². The van der Waals surface area contributed by atoms with Crippen molar-refractivity contribution in [2.75, 3.05) is 0 Å². The van der Waals surface area contributed by atoms with Gasteiger partial charge in [0, 0.05) is 5.92 Å². The molecule has 0 aromatic carbocycles. The molecule has 1 unspecified atom stereocenters. The molecule has 1 heterocycles. The minimum atomic E-state index is -0.999. The van der Waals surface area contributed by atoms with Crippen LogP contribution < -0.4 is 0 Å². The largest absolute Gasteiger partial charge is 0.476 e. The Morgan fingerprint density at radius 3 is 2.80 bits per heavy atom. The van der Waals surface area contributed by atoms with E-state index in [1.54, 1.807) is 0 Å². The molecular weight excluding hydrogens is 194 g/mol. The molecule has 0 radical (unpaired) electrons.